The second kappa shape index (κ2) is 6.23. The normalized spacial score (nSPS) is 20.2. The van der Waals surface area contributed by atoms with Crippen LogP contribution in [0.5, 0.6) is 0 Å². The van der Waals surface area contributed by atoms with Gasteiger partial charge in [-0.3, -0.25) is 4.79 Å². The summed E-state index contributed by atoms with van der Waals surface area (Å²) < 4.78 is 30.9. The topological polar surface area (TPSA) is 79.6 Å². The zero-order valence-corrected chi connectivity index (χ0v) is 14.8. The van der Waals surface area contributed by atoms with E-state index in [9.17, 15) is 13.2 Å². The average Bonchev–Trinajstić information content (AvgIpc) is 3.15. The SMILES string of the molecule is CN(C)S(=O)(=O)c1cc(NC(=O)[C@H]2C[C@@H]2c2ccco2)ccc1Cl. The fraction of sp³-hybridized carbons (Fsp3) is 0.312. The maximum Gasteiger partial charge on any atom is 0.244 e. The lowest BCUT2D eigenvalue weighted by atomic mass is 10.2. The molecule has 1 amide bonds. The first kappa shape index (κ1) is 17.0. The molecule has 1 aromatic carbocycles. The van der Waals surface area contributed by atoms with Crippen molar-refractivity contribution in [3.8, 4) is 0 Å². The molecule has 1 N–H and O–H groups in total. The number of sulfonamides is 1. The summed E-state index contributed by atoms with van der Waals surface area (Å²) in [5.74, 6) is 0.548. The highest BCUT2D eigenvalue weighted by atomic mass is 35.5. The quantitative estimate of drug-likeness (QED) is 0.879. The van der Waals surface area contributed by atoms with E-state index in [1.54, 1.807) is 18.4 Å². The Morgan fingerprint density at radius 1 is 1.33 bits per heavy atom. The van der Waals surface area contributed by atoms with E-state index in [4.69, 9.17) is 16.0 Å². The van der Waals surface area contributed by atoms with Crippen LogP contribution in [0.3, 0.4) is 0 Å². The Bertz CT molecular complexity index is 862. The fourth-order valence-corrected chi connectivity index (χ4v) is 3.91. The molecule has 1 aliphatic rings. The van der Waals surface area contributed by atoms with E-state index >= 15 is 0 Å². The number of halogens is 1. The Morgan fingerprint density at radius 3 is 2.71 bits per heavy atom. The number of nitrogens with zero attached hydrogens (tertiary/aromatic N) is 1. The fourth-order valence-electron chi connectivity index (χ4n) is 2.51. The van der Waals surface area contributed by atoms with Crippen molar-refractivity contribution in [2.75, 3.05) is 19.4 Å². The van der Waals surface area contributed by atoms with E-state index in [0.717, 1.165) is 16.5 Å². The Hall–Kier alpha value is -1.83. The molecule has 8 heteroatoms. The Kier molecular flexibility index (Phi) is 4.42. The molecule has 1 heterocycles. The molecule has 1 fully saturated rings. The van der Waals surface area contributed by atoms with E-state index in [1.165, 1.54) is 26.2 Å². The number of amides is 1. The number of benzene rings is 1. The monoisotopic (exact) mass is 368 g/mol. The molecule has 1 aromatic heterocycles. The predicted octanol–water partition coefficient (Wildman–Crippen LogP) is 2.93. The number of anilines is 1. The molecule has 6 nitrogen and oxygen atoms in total. The first-order valence-corrected chi connectivity index (χ1v) is 9.19. The zero-order chi connectivity index (χ0) is 17.5. The Labute approximate surface area is 145 Å². The van der Waals surface area contributed by atoms with Gasteiger partial charge in [0.2, 0.25) is 15.9 Å². The summed E-state index contributed by atoms with van der Waals surface area (Å²) in [6.45, 7) is 0. The summed E-state index contributed by atoms with van der Waals surface area (Å²) in [5, 5.41) is 2.86. The van der Waals surface area contributed by atoms with Gasteiger partial charge >= 0.3 is 0 Å². The van der Waals surface area contributed by atoms with Gasteiger partial charge in [-0.05, 0) is 36.8 Å². The smallest absolute Gasteiger partial charge is 0.244 e. The molecule has 1 saturated carbocycles. The van der Waals surface area contributed by atoms with Crippen LogP contribution in [0.25, 0.3) is 0 Å². The number of carbonyl (C=O) groups excluding carboxylic acids is 1. The molecule has 0 radical (unpaired) electrons. The number of rotatable bonds is 5. The molecule has 24 heavy (non-hydrogen) atoms. The minimum Gasteiger partial charge on any atom is -0.469 e. The lowest BCUT2D eigenvalue weighted by Gasteiger charge is -2.14. The van der Waals surface area contributed by atoms with Crippen LogP contribution in [-0.4, -0.2) is 32.7 Å². The molecule has 0 saturated heterocycles. The predicted molar refractivity (Wildman–Crippen MR) is 90.5 cm³/mol. The molecule has 0 aliphatic heterocycles. The number of nitrogens with one attached hydrogen (secondary N) is 1. The van der Waals surface area contributed by atoms with Crippen molar-refractivity contribution >= 4 is 33.2 Å². The zero-order valence-electron chi connectivity index (χ0n) is 13.2. The lowest BCUT2D eigenvalue weighted by Crippen LogP contribution is -2.23. The Morgan fingerprint density at radius 2 is 2.08 bits per heavy atom. The van der Waals surface area contributed by atoms with Gasteiger partial charge in [-0.2, -0.15) is 0 Å². The lowest BCUT2D eigenvalue weighted by molar-refractivity contribution is -0.117. The highest BCUT2D eigenvalue weighted by Crippen LogP contribution is 2.48. The van der Waals surface area contributed by atoms with Crippen LogP contribution < -0.4 is 5.32 Å². The molecular formula is C16H17ClN2O4S. The van der Waals surface area contributed by atoms with Crippen LogP contribution in [0.4, 0.5) is 5.69 Å². The van der Waals surface area contributed by atoms with Crippen molar-refractivity contribution in [2.24, 2.45) is 5.92 Å². The van der Waals surface area contributed by atoms with Crippen molar-refractivity contribution in [1.82, 2.24) is 4.31 Å². The standard InChI is InChI=1S/C16H17ClN2O4S/c1-19(2)24(21,22)15-8-10(5-6-13(15)17)18-16(20)12-9-11(12)14-4-3-7-23-14/h3-8,11-12H,9H2,1-2H3,(H,18,20)/t11-,12-/m0/s1. The van der Waals surface area contributed by atoms with E-state index < -0.39 is 10.0 Å². The van der Waals surface area contributed by atoms with Gasteiger partial charge in [0.15, 0.2) is 0 Å². The molecule has 0 unspecified atom stereocenters. The van der Waals surface area contributed by atoms with Crippen LogP contribution >= 0.6 is 11.6 Å². The van der Waals surface area contributed by atoms with Crippen molar-refractivity contribution in [2.45, 2.75) is 17.2 Å². The molecule has 2 aromatic rings. The van der Waals surface area contributed by atoms with E-state index in [2.05, 4.69) is 5.32 Å². The second-order valence-corrected chi connectivity index (χ2v) is 8.41. The second-order valence-electron chi connectivity index (χ2n) is 5.89. The van der Waals surface area contributed by atoms with Crippen LogP contribution in [0.1, 0.15) is 18.1 Å². The minimum atomic E-state index is -3.68. The highest BCUT2D eigenvalue weighted by molar-refractivity contribution is 7.89. The molecule has 128 valence electrons. The molecular weight excluding hydrogens is 352 g/mol. The number of hydrogen-bond acceptors (Lipinski definition) is 4. The third-order valence-corrected chi connectivity index (χ3v) is 6.29. The van der Waals surface area contributed by atoms with Gasteiger partial charge in [0.25, 0.3) is 0 Å². The molecule has 3 rings (SSSR count). The van der Waals surface area contributed by atoms with E-state index in [0.29, 0.717) is 5.69 Å². The third kappa shape index (κ3) is 3.19. The van der Waals surface area contributed by atoms with Gasteiger partial charge in [-0.1, -0.05) is 11.6 Å². The van der Waals surface area contributed by atoms with Crippen molar-refractivity contribution in [1.29, 1.82) is 0 Å². The number of hydrogen-bond donors (Lipinski definition) is 1. The van der Waals surface area contributed by atoms with Crippen molar-refractivity contribution in [3.63, 3.8) is 0 Å². The van der Waals surface area contributed by atoms with Gasteiger partial charge in [-0.25, -0.2) is 12.7 Å². The first-order valence-electron chi connectivity index (χ1n) is 7.37. The van der Waals surface area contributed by atoms with Crippen LogP contribution in [0.15, 0.2) is 45.9 Å². The number of furan rings is 1. The van der Waals surface area contributed by atoms with Crippen molar-refractivity contribution in [3.05, 3.63) is 47.4 Å². The summed E-state index contributed by atoms with van der Waals surface area (Å²) in [6, 6.07) is 8.06. The van der Waals surface area contributed by atoms with E-state index in [-0.39, 0.29) is 27.7 Å². The summed E-state index contributed by atoms with van der Waals surface area (Å²) in [6.07, 6.45) is 2.30. The maximum absolute atomic E-state index is 12.3. The maximum atomic E-state index is 12.3. The van der Waals surface area contributed by atoms with Gasteiger partial charge in [0, 0.05) is 31.6 Å². The van der Waals surface area contributed by atoms with Gasteiger partial charge < -0.3 is 9.73 Å². The van der Waals surface area contributed by atoms with E-state index in [1.807, 2.05) is 6.07 Å². The summed E-state index contributed by atoms with van der Waals surface area (Å²) >= 11 is 6.00. The summed E-state index contributed by atoms with van der Waals surface area (Å²) in [4.78, 5) is 12.3. The summed E-state index contributed by atoms with van der Waals surface area (Å²) in [7, 11) is -0.830. The van der Waals surface area contributed by atoms with Gasteiger partial charge in [0.1, 0.15) is 10.7 Å². The summed E-state index contributed by atoms with van der Waals surface area (Å²) in [5.41, 5.74) is 0.398. The largest absolute Gasteiger partial charge is 0.469 e. The minimum absolute atomic E-state index is 0.0367. The van der Waals surface area contributed by atoms with Crippen LogP contribution in [-0.2, 0) is 14.8 Å². The van der Waals surface area contributed by atoms with Gasteiger partial charge in [-0.15, -0.1) is 0 Å². The van der Waals surface area contributed by atoms with Crippen molar-refractivity contribution < 1.29 is 17.6 Å². The molecule has 1 aliphatic carbocycles. The molecule has 0 spiro atoms. The van der Waals surface area contributed by atoms with Gasteiger partial charge in [0.05, 0.1) is 11.3 Å². The Balaban J connectivity index is 1.76. The van der Waals surface area contributed by atoms with Crippen LogP contribution in [0.2, 0.25) is 5.02 Å². The highest BCUT2D eigenvalue weighted by Gasteiger charge is 2.45. The average molecular weight is 369 g/mol. The third-order valence-electron chi connectivity index (χ3n) is 3.99. The number of carbonyl (C=O) groups is 1. The molecule has 2 atom stereocenters. The first-order chi connectivity index (χ1) is 11.3. The van der Waals surface area contributed by atoms with Crippen LogP contribution in [0, 0.1) is 5.92 Å². The molecule has 0 bridgehead atoms.